The number of hydrogen-bond acceptors (Lipinski definition) is 3. The van der Waals surface area contributed by atoms with Gasteiger partial charge in [-0.25, -0.2) is 9.67 Å². The molecule has 0 amide bonds. The number of halogens is 1. The normalized spacial score (nSPS) is 12.7. The van der Waals surface area contributed by atoms with Crippen molar-refractivity contribution >= 4 is 22.6 Å². The second-order valence-electron chi connectivity index (χ2n) is 3.31. The van der Waals surface area contributed by atoms with Crippen LogP contribution in [0.3, 0.4) is 0 Å². The quantitative estimate of drug-likeness (QED) is 0.861. The second kappa shape index (κ2) is 4.28. The highest BCUT2D eigenvalue weighted by Gasteiger charge is 2.09. The van der Waals surface area contributed by atoms with E-state index in [-0.39, 0.29) is 6.04 Å². The number of pyridine rings is 1. The van der Waals surface area contributed by atoms with Crippen molar-refractivity contribution in [3.8, 4) is 5.82 Å². The highest BCUT2D eigenvalue weighted by molar-refractivity contribution is 14.1. The van der Waals surface area contributed by atoms with Crippen molar-refractivity contribution in [1.29, 1.82) is 0 Å². The van der Waals surface area contributed by atoms with Crippen molar-refractivity contribution in [3.05, 3.63) is 39.9 Å². The first-order valence-electron chi connectivity index (χ1n) is 4.59. The standard InChI is InChI=1S/C10H11IN4/c1-7(12)9-3-2-4-13-10(9)15-6-8(11)5-14-15/h2-7H,12H2,1H3/t7-/m1/s1. The van der Waals surface area contributed by atoms with Gasteiger partial charge in [-0.1, -0.05) is 6.07 Å². The van der Waals surface area contributed by atoms with Gasteiger partial charge in [-0.3, -0.25) is 0 Å². The van der Waals surface area contributed by atoms with Crippen LogP contribution in [0.2, 0.25) is 0 Å². The molecule has 0 spiro atoms. The molecule has 0 aliphatic rings. The molecule has 0 aromatic carbocycles. The molecule has 0 aliphatic carbocycles. The van der Waals surface area contributed by atoms with Crippen LogP contribution >= 0.6 is 22.6 Å². The summed E-state index contributed by atoms with van der Waals surface area (Å²) >= 11 is 2.21. The van der Waals surface area contributed by atoms with E-state index < -0.39 is 0 Å². The van der Waals surface area contributed by atoms with Gasteiger partial charge in [0, 0.05) is 24.0 Å². The van der Waals surface area contributed by atoms with Crippen LogP contribution in [0.5, 0.6) is 0 Å². The lowest BCUT2D eigenvalue weighted by molar-refractivity contribution is 0.761. The zero-order valence-corrected chi connectivity index (χ0v) is 10.4. The van der Waals surface area contributed by atoms with E-state index in [2.05, 4.69) is 32.7 Å². The van der Waals surface area contributed by atoms with Gasteiger partial charge in [0.05, 0.1) is 9.77 Å². The van der Waals surface area contributed by atoms with E-state index in [0.717, 1.165) is 15.0 Å². The maximum atomic E-state index is 5.88. The Balaban J connectivity index is 2.52. The van der Waals surface area contributed by atoms with Crippen LogP contribution in [0.25, 0.3) is 5.82 Å². The largest absolute Gasteiger partial charge is 0.324 e. The van der Waals surface area contributed by atoms with Crippen LogP contribution in [0, 0.1) is 3.57 Å². The Labute approximate surface area is 102 Å². The predicted molar refractivity (Wildman–Crippen MR) is 66.7 cm³/mol. The van der Waals surface area contributed by atoms with Crippen molar-refractivity contribution in [1.82, 2.24) is 14.8 Å². The van der Waals surface area contributed by atoms with Gasteiger partial charge in [0.15, 0.2) is 5.82 Å². The molecule has 5 heteroatoms. The number of nitrogens with two attached hydrogens (primary N) is 1. The van der Waals surface area contributed by atoms with E-state index in [1.165, 1.54) is 0 Å². The average molecular weight is 314 g/mol. The molecular weight excluding hydrogens is 303 g/mol. The lowest BCUT2D eigenvalue weighted by Crippen LogP contribution is -2.11. The molecule has 2 aromatic rings. The zero-order chi connectivity index (χ0) is 10.8. The molecule has 0 unspecified atom stereocenters. The monoisotopic (exact) mass is 314 g/mol. The van der Waals surface area contributed by atoms with Gasteiger partial charge >= 0.3 is 0 Å². The van der Waals surface area contributed by atoms with Gasteiger partial charge in [0.2, 0.25) is 0 Å². The van der Waals surface area contributed by atoms with E-state index in [4.69, 9.17) is 5.73 Å². The Morgan fingerprint density at radius 1 is 1.53 bits per heavy atom. The highest BCUT2D eigenvalue weighted by Crippen LogP contribution is 2.17. The van der Waals surface area contributed by atoms with Gasteiger partial charge in [0.1, 0.15) is 0 Å². The van der Waals surface area contributed by atoms with E-state index in [1.54, 1.807) is 17.1 Å². The molecule has 2 heterocycles. The van der Waals surface area contributed by atoms with Crippen LogP contribution in [-0.4, -0.2) is 14.8 Å². The Bertz CT molecular complexity index is 464. The molecule has 2 N–H and O–H groups in total. The van der Waals surface area contributed by atoms with E-state index >= 15 is 0 Å². The Morgan fingerprint density at radius 2 is 2.33 bits per heavy atom. The molecule has 2 rings (SSSR count). The van der Waals surface area contributed by atoms with E-state index in [1.807, 2.05) is 25.3 Å². The molecule has 0 fully saturated rings. The third-order valence-electron chi connectivity index (χ3n) is 2.08. The summed E-state index contributed by atoms with van der Waals surface area (Å²) in [6, 6.07) is 3.81. The average Bonchev–Trinajstić information content (AvgIpc) is 2.65. The minimum Gasteiger partial charge on any atom is -0.324 e. The number of rotatable bonds is 2. The van der Waals surface area contributed by atoms with Crippen molar-refractivity contribution < 1.29 is 0 Å². The van der Waals surface area contributed by atoms with Crippen molar-refractivity contribution in [2.75, 3.05) is 0 Å². The van der Waals surface area contributed by atoms with E-state index in [0.29, 0.717) is 0 Å². The van der Waals surface area contributed by atoms with Crippen molar-refractivity contribution in [3.63, 3.8) is 0 Å². The summed E-state index contributed by atoms with van der Waals surface area (Å²) in [5.41, 5.74) is 6.87. The van der Waals surface area contributed by atoms with Gasteiger partial charge in [0.25, 0.3) is 0 Å². The lowest BCUT2D eigenvalue weighted by atomic mass is 10.1. The molecule has 1 atom stereocenters. The molecule has 0 radical (unpaired) electrons. The minimum atomic E-state index is -0.0458. The molecule has 78 valence electrons. The fourth-order valence-electron chi connectivity index (χ4n) is 1.37. The third kappa shape index (κ3) is 2.18. The van der Waals surface area contributed by atoms with E-state index in [9.17, 15) is 0 Å². The summed E-state index contributed by atoms with van der Waals surface area (Å²) in [6.07, 6.45) is 5.46. The first-order chi connectivity index (χ1) is 7.18. The van der Waals surface area contributed by atoms with Gasteiger partial charge < -0.3 is 5.73 Å². The topological polar surface area (TPSA) is 56.7 Å². The summed E-state index contributed by atoms with van der Waals surface area (Å²) < 4.78 is 2.83. The molecule has 15 heavy (non-hydrogen) atoms. The minimum absolute atomic E-state index is 0.0458. The van der Waals surface area contributed by atoms with Crippen molar-refractivity contribution in [2.45, 2.75) is 13.0 Å². The fourth-order valence-corrected chi connectivity index (χ4v) is 1.76. The maximum absolute atomic E-state index is 5.88. The molecule has 0 saturated heterocycles. The number of hydrogen-bond donors (Lipinski definition) is 1. The van der Waals surface area contributed by atoms with Crippen LogP contribution in [0.1, 0.15) is 18.5 Å². The van der Waals surface area contributed by atoms with Gasteiger partial charge in [-0.2, -0.15) is 5.10 Å². The zero-order valence-electron chi connectivity index (χ0n) is 8.26. The lowest BCUT2D eigenvalue weighted by Gasteiger charge is -2.10. The third-order valence-corrected chi connectivity index (χ3v) is 2.63. The maximum Gasteiger partial charge on any atom is 0.158 e. The summed E-state index contributed by atoms with van der Waals surface area (Å²) in [7, 11) is 0. The number of nitrogens with zero attached hydrogens (tertiary/aromatic N) is 3. The van der Waals surface area contributed by atoms with Crippen LogP contribution in [0.4, 0.5) is 0 Å². The number of aromatic nitrogens is 3. The van der Waals surface area contributed by atoms with Crippen molar-refractivity contribution in [2.24, 2.45) is 5.73 Å². The Hall–Kier alpha value is -0.950. The molecule has 0 aliphatic heterocycles. The van der Waals surface area contributed by atoms with Gasteiger partial charge in [-0.15, -0.1) is 0 Å². The van der Waals surface area contributed by atoms with Crippen LogP contribution in [-0.2, 0) is 0 Å². The molecule has 2 aromatic heterocycles. The summed E-state index contributed by atoms with van der Waals surface area (Å²) in [6.45, 7) is 1.94. The predicted octanol–water partition coefficient (Wildman–Crippen LogP) is 1.89. The Kier molecular flexibility index (Phi) is 3.01. The van der Waals surface area contributed by atoms with Crippen LogP contribution < -0.4 is 5.73 Å². The summed E-state index contributed by atoms with van der Waals surface area (Å²) in [5, 5.41) is 4.22. The molecule has 0 bridgehead atoms. The Morgan fingerprint density at radius 3 is 2.93 bits per heavy atom. The van der Waals surface area contributed by atoms with Crippen LogP contribution in [0.15, 0.2) is 30.7 Å². The summed E-state index contributed by atoms with van der Waals surface area (Å²) in [5.74, 6) is 0.801. The fraction of sp³-hybridized carbons (Fsp3) is 0.200. The smallest absolute Gasteiger partial charge is 0.158 e. The molecule has 0 saturated carbocycles. The second-order valence-corrected chi connectivity index (χ2v) is 4.55. The SMILES string of the molecule is C[C@@H](N)c1cccnc1-n1cc(I)cn1. The molecular formula is C10H11IN4. The first-order valence-corrected chi connectivity index (χ1v) is 5.67. The van der Waals surface area contributed by atoms with Gasteiger partial charge in [-0.05, 0) is 35.6 Å². The molecule has 4 nitrogen and oxygen atoms in total. The summed E-state index contributed by atoms with van der Waals surface area (Å²) in [4.78, 5) is 4.30. The first kappa shape index (κ1) is 10.6. The highest BCUT2D eigenvalue weighted by atomic mass is 127.